The zero-order valence-electron chi connectivity index (χ0n) is 11.1. The maximum Gasteiger partial charge on any atom is 0.228 e. The molecule has 1 aromatic heterocycles. The highest BCUT2D eigenvalue weighted by Gasteiger charge is 2.56. The van der Waals surface area contributed by atoms with E-state index in [0.717, 1.165) is 11.4 Å². The van der Waals surface area contributed by atoms with E-state index in [9.17, 15) is 4.79 Å². The highest BCUT2D eigenvalue weighted by atomic mass is 16.2. The molecule has 4 rings (SSSR count). The molecule has 2 aliphatic rings. The number of aromatic nitrogens is 3. The van der Waals surface area contributed by atoms with Gasteiger partial charge >= 0.3 is 0 Å². The summed E-state index contributed by atoms with van der Waals surface area (Å²) in [7, 11) is 0. The summed E-state index contributed by atoms with van der Waals surface area (Å²) in [6.07, 6.45) is 7.12. The zero-order chi connectivity index (χ0) is 13.5. The van der Waals surface area contributed by atoms with Gasteiger partial charge in [-0.1, -0.05) is 23.8 Å². The molecule has 20 heavy (non-hydrogen) atoms. The summed E-state index contributed by atoms with van der Waals surface area (Å²) in [4.78, 5) is 12.4. The molecule has 5 nitrogen and oxygen atoms in total. The minimum absolute atomic E-state index is 0.160. The molecule has 0 saturated heterocycles. The van der Waals surface area contributed by atoms with E-state index in [1.165, 1.54) is 19.3 Å². The van der Waals surface area contributed by atoms with Crippen LogP contribution in [0.15, 0.2) is 36.7 Å². The van der Waals surface area contributed by atoms with E-state index >= 15 is 0 Å². The molecule has 2 fully saturated rings. The van der Waals surface area contributed by atoms with Crippen molar-refractivity contribution in [2.24, 2.45) is 17.8 Å². The van der Waals surface area contributed by atoms with Crippen LogP contribution in [0.2, 0.25) is 0 Å². The molecule has 0 bridgehead atoms. The molecule has 5 heteroatoms. The van der Waals surface area contributed by atoms with Crippen molar-refractivity contribution in [1.29, 1.82) is 0 Å². The number of fused-ring (bicyclic) bond motifs is 1. The van der Waals surface area contributed by atoms with E-state index in [1.807, 2.05) is 24.3 Å². The lowest BCUT2D eigenvalue weighted by Crippen LogP contribution is -2.18. The van der Waals surface area contributed by atoms with Gasteiger partial charge in [0, 0.05) is 5.92 Å². The molecule has 1 N–H and O–H groups in total. The summed E-state index contributed by atoms with van der Waals surface area (Å²) in [5.41, 5.74) is 1.65. The normalized spacial score (nSPS) is 27.1. The molecular weight excluding hydrogens is 252 g/mol. The van der Waals surface area contributed by atoms with E-state index in [1.54, 1.807) is 17.1 Å². The fourth-order valence-corrected chi connectivity index (χ4v) is 3.54. The maximum atomic E-state index is 12.4. The largest absolute Gasteiger partial charge is 0.324 e. The summed E-state index contributed by atoms with van der Waals surface area (Å²) in [5.74, 6) is 1.65. The Hall–Kier alpha value is -2.17. The number of para-hydroxylation sites is 2. The average molecular weight is 268 g/mol. The van der Waals surface area contributed by atoms with Crippen LogP contribution in [-0.4, -0.2) is 20.9 Å². The van der Waals surface area contributed by atoms with Crippen LogP contribution >= 0.6 is 0 Å². The molecule has 0 radical (unpaired) electrons. The van der Waals surface area contributed by atoms with Gasteiger partial charge in [-0.15, -0.1) is 5.10 Å². The van der Waals surface area contributed by atoms with Crippen LogP contribution in [0.4, 0.5) is 5.69 Å². The Labute approximate surface area is 117 Å². The number of carbonyl (C=O) groups excluding carboxylic acids is 1. The van der Waals surface area contributed by atoms with Gasteiger partial charge in [0.1, 0.15) is 0 Å². The van der Waals surface area contributed by atoms with Crippen molar-refractivity contribution in [2.45, 2.75) is 19.3 Å². The van der Waals surface area contributed by atoms with Gasteiger partial charge < -0.3 is 5.32 Å². The lowest BCUT2D eigenvalue weighted by atomic mass is 10.1. The van der Waals surface area contributed by atoms with E-state index < -0.39 is 0 Å². The summed E-state index contributed by atoms with van der Waals surface area (Å²) < 4.78 is 1.67. The van der Waals surface area contributed by atoms with Crippen molar-refractivity contribution >= 4 is 11.6 Å². The smallest absolute Gasteiger partial charge is 0.228 e. The number of nitrogens with zero attached hydrogens (tertiary/aromatic N) is 3. The molecule has 102 valence electrons. The summed E-state index contributed by atoms with van der Waals surface area (Å²) >= 11 is 0. The number of carbonyl (C=O) groups is 1. The van der Waals surface area contributed by atoms with Gasteiger partial charge in [0.05, 0.1) is 23.8 Å². The monoisotopic (exact) mass is 268 g/mol. The summed E-state index contributed by atoms with van der Waals surface area (Å²) in [5, 5.41) is 10.9. The van der Waals surface area contributed by atoms with Crippen molar-refractivity contribution in [3.63, 3.8) is 0 Å². The number of anilines is 1. The van der Waals surface area contributed by atoms with Gasteiger partial charge in [0.25, 0.3) is 0 Å². The molecule has 2 aliphatic carbocycles. The van der Waals surface area contributed by atoms with Crippen LogP contribution in [0.1, 0.15) is 19.3 Å². The third-order valence-electron chi connectivity index (χ3n) is 4.54. The molecule has 2 aromatic rings. The van der Waals surface area contributed by atoms with Crippen molar-refractivity contribution < 1.29 is 4.79 Å². The molecule has 2 saturated carbocycles. The van der Waals surface area contributed by atoms with Crippen molar-refractivity contribution in [3.05, 3.63) is 36.7 Å². The van der Waals surface area contributed by atoms with Crippen LogP contribution in [-0.2, 0) is 4.79 Å². The number of amides is 1. The molecule has 0 spiro atoms. The second kappa shape index (κ2) is 4.44. The standard InChI is InChI=1S/C15H16N4O/c20-15(14-10-4-3-5-11(10)14)17-12-6-1-2-7-13(12)19-9-8-16-18-19/h1-2,6-11,14H,3-5H2,(H,17,20). The highest BCUT2D eigenvalue weighted by molar-refractivity contribution is 5.96. The fraction of sp³-hybridized carbons (Fsp3) is 0.400. The summed E-state index contributed by atoms with van der Waals surface area (Å²) in [6.45, 7) is 0. The van der Waals surface area contributed by atoms with Gasteiger partial charge in [-0.05, 0) is 36.8 Å². The lowest BCUT2D eigenvalue weighted by Gasteiger charge is -2.11. The first-order chi connectivity index (χ1) is 9.84. The van der Waals surface area contributed by atoms with Gasteiger partial charge in [-0.2, -0.15) is 0 Å². The molecule has 1 aromatic carbocycles. The topological polar surface area (TPSA) is 59.8 Å². The number of hydrogen-bond donors (Lipinski definition) is 1. The molecule has 1 amide bonds. The predicted molar refractivity (Wildman–Crippen MR) is 74.3 cm³/mol. The SMILES string of the molecule is O=C(Nc1ccccc1-n1ccnn1)C1C2CCCC21. The van der Waals surface area contributed by atoms with E-state index in [0.29, 0.717) is 11.8 Å². The molecule has 0 aliphatic heterocycles. The zero-order valence-corrected chi connectivity index (χ0v) is 11.1. The van der Waals surface area contributed by atoms with Crippen LogP contribution in [0.25, 0.3) is 5.69 Å². The Balaban J connectivity index is 1.56. The second-order valence-corrected chi connectivity index (χ2v) is 5.64. The molecule has 2 unspecified atom stereocenters. The van der Waals surface area contributed by atoms with Crippen LogP contribution in [0, 0.1) is 17.8 Å². The van der Waals surface area contributed by atoms with Crippen LogP contribution in [0.5, 0.6) is 0 Å². The number of nitrogens with one attached hydrogen (secondary N) is 1. The van der Waals surface area contributed by atoms with Crippen LogP contribution in [0.3, 0.4) is 0 Å². The van der Waals surface area contributed by atoms with Gasteiger partial charge in [0.15, 0.2) is 0 Å². The van der Waals surface area contributed by atoms with Crippen LogP contribution < -0.4 is 5.32 Å². The maximum absolute atomic E-state index is 12.4. The lowest BCUT2D eigenvalue weighted by molar-refractivity contribution is -0.118. The summed E-state index contributed by atoms with van der Waals surface area (Å²) in [6, 6.07) is 7.69. The first kappa shape index (κ1) is 11.6. The predicted octanol–water partition coefficient (Wildman–Crippen LogP) is 2.25. The van der Waals surface area contributed by atoms with Gasteiger partial charge in [-0.25, -0.2) is 4.68 Å². The van der Waals surface area contributed by atoms with Crippen molar-refractivity contribution in [2.75, 3.05) is 5.32 Å². The Morgan fingerprint density at radius 1 is 1.25 bits per heavy atom. The van der Waals surface area contributed by atoms with Crippen molar-refractivity contribution in [1.82, 2.24) is 15.0 Å². The third-order valence-corrected chi connectivity index (χ3v) is 4.54. The number of benzene rings is 1. The van der Waals surface area contributed by atoms with E-state index in [-0.39, 0.29) is 11.8 Å². The minimum Gasteiger partial charge on any atom is -0.324 e. The number of hydrogen-bond acceptors (Lipinski definition) is 3. The van der Waals surface area contributed by atoms with E-state index in [2.05, 4.69) is 15.6 Å². The average Bonchev–Trinajstić information content (AvgIpc) is 2.91. The minimum atomic E-state index is 0.160. The highest BCUT2D eigenvalue weighted by Crippen LogP contribution is 2.57. The quantitative estimate of drug-likeness (QED) is 0.928. The molecular formula is C15H16N4O. The van der Waals surface area contributed by atoms with Gasteiger partial charge in [0.2, 0.25) is 5.91 Å². The molecule has 2 atom stereocenters. The van der Waals surface area contributed by atoms with E-state index in [4.69, 9.17) is 0 Å². The molecule has 1 heterocycles. The third kappa shape index (κ3) is 1.81. The van der Waals surface area contributed by atoms with Crippen molar-refractivity contribution in [3.8, 4) is 5.69 Å². The first-order valence-electron chi connectivity index (χ1n) is 7.11. The Kier molecular flexibility index (Phi) is 2.58. The Bertz CT molecular complexity index is 627. The fourth-order valence-electron chi connectivity index (χ4n) is 3.54. The second-order valence-electron chi connectivity index (χ2n) is 5.64. The van der Waals surface area contributed by atoms with Gasteiger partial charge in [-0.3, -0.25) is 4.79 Å². The first-order valence-corrected chi connectivity index (χ1v) is 7.11. The number of rotatable bonds is 3. The Morgan fingerprint density at radius 3 is 2.80 bits per heavy atom. The Morgan fingerprint density at radius 2 is 2.05 bits per heavy atom.